The number of hydrogen-bond donors (Lipinski definition) is 1. The van der Waals surface area contributed by atoms with E-state index in [1.165, 1.54) is 5.56 Å². The zero-order valence-corrected chi connectivity index (χ0v) is 11.2. The van der Waals surface area contributed by atoms with Gasteiger partial charge in [-0.15, -0.1) is 0 Å². The predicted molar refractivity (Wildman–Crippen MR) is 70.2 cm³/mol. The van der Waals surface area contributed by atoms with E-state index in [2.05, 4.69) is 24.9 Å². The lowest BCUT2D eigenvalue weighted by Gasteiger charge is -2.26. The minimum Gasteiger partial charge on any atom is -0.496 e. The van der Waals surface area contributed by atoms with Gasteiger partial charge in [-0.1, -0.05) is 18.2 Å². The second-order valence-electron chi connectivity index (χ2n) is 4.66. The maximum atomic E-state index is 9.39. The molecule has 0 saturated carbocycles. The van der Waals surface area contributed by atoms with Crippen LogP contribution in [0.25, 0.3) is 0 Å². The summed E-state index contributed by atoms with van der Waals surface area (Å²) < 4.78 is 5.33. The van der Waals surface area contributed by atoms with E-state index in [9.17, 15) is 5.11 Å². The highest BCUT2D eigenvalue weighted by atomic mass is 16.5. The van der Waals surface area contributed by atoms with Crippen molar-refractivity contribution in [2.45, 2.75) is 39.0 Å². The Morgan fingerprint density at radius 1 is 1.29 bits per heavy atom. The molecule has 1 rings (SSSR count). The summed E-state index contributed by atoms with van der Waals surface area (Å²) in [5, 5.41) is 9.39. The van der Waals surface area contributed by atoms with Gasteiger partial charge in [0, 0.05) is 18.2 Å². The first-order valence-corrected chi connectivity index (χ1v) is 6.04. The molecule has 1 N–H and O–H groups in total. The first-order valence-electron chi connectivity index (χ1n) is 6.04. The molecule has 96 valence electrons. The van der Waals surface area contributed by atoms with Gasteiger partial charge in [-0.3, -0.25) is 4.90 Å². The van der Waals surface area contributed by atoms with Gasteiger partial charge in [-0.05, 0) is 33.4 Å². The van der Waals surface area contributed by atoms with Crippen LogP contribution >= 0.6 is 0 Å². The molecule has 2 atom stereocenters. The molecule has 0 aliphatic carbocycles. The lowest BCUT2D eigenvalue weighted by Crippen LogP contribution is -2.31. The van der Waals surface area contributed by atoms with Gasteiger partial charge in [-0.25, -0.2) is 0 Å². The molecule has 1 aromatic carbocycles. The average molecular weight is 237 g/mol. The largest absolute Gasteiger partial charge is 0.496 e. The molecule has 1 aromatic rings. The molecule has 17 heavy (non-hydrogen) atoms. The lowest BCUT2D eigenvalue weighted by atomic mass is 10.1. The van der Waals surface area contributed by atoms with E-state index >= 15 is 0 Å². The van der Waals surface area contributed by atoms with E-state index in [1.807, 2.05) is 25.1 Å². The van der Waals surface area contributed by atoms with Crippen molar-refractivity contribution >= 4 is 0 Å². The molecule has 3 nitrogen and oxygen atoms in total. The number of rotatable bonds is 6. The van der Waals surface area contributed by atoms with Gasteiger partial charge in [-0.2, -0.15) is 0 Å². The highest BCUT2D eigenvalue weighted by Crippen LogP contribution is 2.20. The summed E-state index contributed by atoms with van der Waals surface area (Å²) in [5.74, 6) is 0.920. The molecule has 0 aliphatic rings. The smallest absolute Gasteiger partial charge is 0.123 e. The molecular weight excluding hydrogens is 214 g/mol. The predicted octanol–water partition coefficient (Wildman–Crippen LogP) is 2.29. The monoisotopic (exact) mass is 237 g/mol. The van der Waals surface area contributed by atoms with Gasteiger partial charge in [0.2, 0.25) is 0 Å². The number of hydrogen-bond acceptors (Lipinski definition) is 3. The Balaban J connectivity index is 2.63. The maximum absolute atomic E-state index is 9.39. The highest BCUT2D eigenvalue weighted by molar-refractivity contribution is 5.33. The molecule has 3 heteroatoms. The SMILES string of the molecule is COc1ccccc1CN(C)C(C)CC(C)O. The summed E-state index contributed by atoms with van der Waals surface area (Å²) in [6.45, 7) is 4.79. The molecular formula is C14H23NO2. The van der Waals surface area contributed by atoms with E-state index in [0.29, 0.717) is 6.04 Å². The quantitative estimate of drug-likeness (QED) is 0.824. The van der Waals surface area contributed by atoms with Crippen molar-refractivity contribution in [2.24, 2.45) is 0 Å². The number of para-hydroxylation sites is 1. The Morgan fingerprint density at radius 2 is 1.94 bits per heavy atom. The van der Waals surface area contributed by atoms with E-state index in [4.69, 9.17) is 4.74 Å². The molecule has 0 aliphatic heterocycles. The van der Waals surface area contributed by atoms with Gasteiger partial charge < -0.3 is 9.84 Å². The Hall–Kier alpha value is -1.06. The summed E-state index contributed by atoms with van der Waals surface area (Å²) >= 11 is 0. The van der Waals surface area contributed by atoms with Crippen molar-refractivity contribution in [2.75, 3.05) is 14.2 Å². The molecule has 0 saturated heterocycles. The number of ether oxygens (including phenoxy) is 1. The first kappa shape index (κ1) is 14.0. The van der Waals surface area contributed by atoms with E-state index < -0.39 is 0 Å². The van der Waals surface area contributed by atoms with Crippen molar-refractivity contribution in [3.63, 3.8) is 0 Å². The van der Waals surface area contributed by atoms with Crippen molar-refractivity contribution in [1.82, 2.24) is 4.90 Å². The van der Waals surface area contributed by atoms with Crippen LogP contribution in [0.3, 0.4) is 0 Å². The molecule has 0 amide bonds. The Bertz CT molecular complexity index is 339. The minimum atomic E-state index is -0.259. The number of methoxy groups -OCH3 is 1. The van der Waals surface area contributed by atoms with Crippen LogP contribution < -0.4 is 4.74 Å². The van der Waals surface area contributed by atoms with E-state index in [-0.39, 0.29) is 6.10 Å². The number of aliphatic hydroxyl groups is 1. The third-order valence-electron chi connectivity index (χ3n) is 3.05. The van der Waals surface area contributed by atoms with Gasteiger partial charge in [0.25, 0.3) is 0 Å². The summed E-state index contributed by atoms with van der Waals surface area (Å²) in [5.41, 5.74) is 1.18. The van der Waals surface area contributed by atoms with Gasteiger partial charge in [0.15, 0.2) is 0 Å². The van der Waals surface area contributed by atoms with Crippen LogP contribution in [0.2, 0.25) is 0 Å². The van der Waals surface area contributed by atoms with Crippen molar-refractivity contribution in [1.29, 1.82) is 0 Å². The van der Waals surface area contributed by atoms with Crippen LogP contribution in [0.4, 0.5) is 0 Å². The summed E-state index contributed by atoms with van der Waals surface area (Å²) in [7, 11) is 3.76. The molecule has 2 unspecified atom stereocenters. The topological polar surface area (TPSA) is 32.7 Å². The Morgan fingerprint density at radius 3 is 2.53 bits per heavy atom. The van der Waals surface area contributed by atoms with Crippen LogP contribution in [0.1, 0.15) is 25.8 Å². The van der Waals surface area contributed by atoms with Gasteiger partial charge in [0.1, 0.15) is 5.75 Å². The van der Waals surface area contributed by atoms with Crippen molar-refractivity contribution in [3.8, 4) is 5.75 Å². The van der Waals surface area contributed by atoms with Crippen LogP contribution in [0, 0.1) is 0 Å². The molecule has 0 radical (unpaired) electrons. The fraction of sp³-hybridized carbons (Fsp3) is 0.571. The lowest BCUT2D eigenvalue weighted by molar-refractivity contribution is 0.130. The Kier molecular flexibility index (Phi) is 5.45. The van der Waals surface area contributed by atoms with Crippen LogP contribution in [-0.4, -0.2) is 36.3 Å². The zero-order valence-electron chi connectivity index (χ0n) is 11.2. The zero-order chi connectivity index (χ0) is 12.8. The van der Waals surface area contributed by atoms with Gasteiger partial charge >= 0.3 is 0 Å². The first-order chi connectivity index (χ1) is 8.04. The number of nitrogens with zero attached hydrogens (tertiary/aromatic N) is 1. The highest BCUT2D eigenvalue weighted by Gasteiger charge is 2.13. The third-order valence-corrected chi connectivity index (χ3v) is 3.05. The van der Waals surface area contributed by atoms with Crippen LogP contribution in [0.15, 0.2) is 24.3 Å². The standard InChI is InChI=1S/C14H23NO2/c1-11(9-12(2)16)15(3)10-13-7-5-6-8-14(13)17-4/h5-8,11-12,16H,9-10H2,1-4H3. The second kappa shape index (κ2) is 6.62. The number of benzene rings is 1. The molecule has 0 spiro atoms. The van der Waals surface area contributed by atoms with Crippen molar-refractivity contribution < 1.29 is 9.84 Å². The number of aliphatic hydroxyl groups excluding tert-OH is 1. The van der Waals surface area contributed by atoms with E-state index in [0.717, 1.165) is 18.7 Å². The third kappa shape index (κ3) is 4.36. The molecule has 0 aromatic heterocycles. The van der Waals surface area contributed by atoms with Crippen molar-refractivity contribution in [3.05, 3.63) is 29.8 Å². The molecule has 0 heterocycles. The molecule has 0 fully saturated rings. The van der Waals surface area contributed by atoms with E-state index in [1.54, 1.807) is 7.11 Å². The molecule has 0 bridgehead atoms. The fourth-order valence-corrected chi connectivity index (χ4v) is 1.93. The summed E-state index contributed by atoms with van der Waals surface area (Å²) in [6, 6.07) is 8.39. The maximum Gasteiger partial charge on any atom is 0.123 e. The van der Waals surface area contributed by atoms with Crippen LogP contribution in [-0.2, 0) is 6.54 Å². The minimum absolute atomic E-state index is 0.259. The normalized spacial score (nSPS) is 14.7. The fourth-order valence-electron chi connectivity index (χ4n) is 1.93. The van der Waals surface area contributed by atoms with Crippen LogP contribution in [0.5, 0.6) is 5.75 Å². The average Bonchev–Trinajstić information content (AvgIpc) is 2.28. The second-order valence-corrected chi connectivity index (χ2v) is 4.66. The summed E-state index contributed by atoms with van der Waals surface area (Å²) in [6.07, 6.45) is 0.524. The summed E-state index contributed by atoms with van der Waals surface area (Å²) in [4.78, 5) is 2.23. The Labute approximate surface area is 104 Å². The van der Waals surface area contributed by atoms with Gasteiger partial charge in [0.05, 0.1) is 13.2 Å².